The number of anilines is 2. The maximum Gasteiger partial charge on any atom is 0.416 e. The molecule has 0 aromatic heterocycles. The van der Waals surface area contributed by atoms with Crippen molar-refractivity contribution in [3.63, 3.8) is 0 Å². The van der Waals surface area contributed by atoms with E-state index in [1.54, 1.807) is 31.2 Å². The lowest BCUT2D eigenvalue weighted by molar-refractivity contribution is -0.137. The number of hydrazine groups is 1. The minimum atomic E-state index is -4.38. The second-order valence-electron chi connectivity index (χ2n) is 5.83. The number of alkyl halides is 3. The molecule has 0 amide bonds. The molecule has 0 aliphatic rings. The van der Waals surface area contributed by atoms with Gasteiger partial charge in [0.15, 0.2) is 5.84 Å². The second kappa shape index (κ2) is 8.07. The average Bonchev–Trinajstić information content (AvgIpc) is 2.54. The largest absolute Gasteiger partial charge is 0.416 e. The Kier molecular flexibility index (Phi) is 6.06. The van der Waals surface area contributed by atoms with Crippen LogP contribution in [0.3, 0.4) is 0 Å². The maximum atomic E-state index is 12.7. The summed E-state index contributed by atoms with van der Waals surface area (Å²) in [6.45, 7) is 2.10. The van der Waals surface area contributed by atoms with Crippen molar-refractivity contribution >= 4 is 17.2 Å². The molecule has 2 rings (SSSR count). The molecule has 0 fully saturated rings. The highest BCUT2D eigenvalue weighted by Gasteiger charge is 2.29. The molecule has 26 heavy (non-hydrogen) atoms. The zero-order valence-electron chi connectivity index (χ0n) is 14.2. The Morgan fingerprint density at radius 3 is 2.35 bits per heavy atom. The molecule has 1 atom stereocenters. The Morgan fingerprint density at radius 1 is 1.15 bits per heavy atom. The summed E-state index contributed by atoms with van der Waals surface area (Å²) < 4.78 is 38.0. The lowest BCUT2D eigenvalue weighted by atomic mass is 10.1. The summed E-state index contributed by atoms with van der Waals surface area (Å²) in [6, 6.07) is 11.5. The van der Waals surface area contributed by atoms with Crippen molar-refractivity contribution in [3.8, 4) is 0 Å². The van der Waals surface area contributed by atoms with Gasteiger partial charge < -0.3 is 16.8 Å². The Labute approximate surface area is 149 Å². The van der Waals surface area contributed by atoms with E-state index in [0.717, 1.165) is 17.3 Å². The van der Waals surface area contributed by atoms with Gasteiger partial charge in [-0.2, -0.15) is 13.2 Å². The van der Waals surface area contributed by atoms with Crippen LogP contribution in [0.2, 0.25) is 0 Å². The summed E-state index contributed by atoms with van der Waals surface area (Å²) in [7, 11) is 0. The number of halogens is 3. The number of nitrogens with zero attached hydrogens (tertiary/aromatic N) is 2. The van der Waals surface area contributed by atoms with Crippen LogP contribution in [0, 0.1) is 0 Å². The minimum Gasteiger partial charge on any atom is -0.382 e. The standard InChI is InChI=1S/C17H21F3N6/c1-11(21)10-26(23)25-16(22)14-4-2-3-5-15(14)24-13-8-6-12(7-9-13)17(18,19)20/h2-9,11,24H,10,21,23H2,1H3,(H2,22,25). The van der Waals surface area contributed by atoms with Gasteiger partial charge in [-0.25, -0.2) is 11.0 Å². The second-order valence-corrected chi connectivity index (χ2v) is 5.83. The van der Waals surface area contributed by atoms with Crippen LogP contribution in [0.1, 0.15) is 18.1 Å². The molecule has 0 aliphatic heterocycles. The first kappa shape index (κ1) is 19.5. The van der Waals surface area contributed by atoms with Crippen LogP contribution in [-0.2, 0) is 6.18 Å². The predicted octanol–water partition coefficient (Wildman–Crippen LogP) is 2.59. The van der Waals surface area contributed by atoms with Crippen LogP contribution in [-0.4, -0.2) is 23.5 Å². The van der Waals surface area contributed by atoms with Crippen LogP contribution in [0.5, 0.6) is 0 Å². The predicted molar refractivity (Wildman–Crippen MR) is 96.4 cm³/mol. The molecule has 0 heterocycles. The highest BCUT2D eigenvalue weighted by Crippen LogP contribution is 2.30. The fourth-order valence-electron chi connectivity index (χ4n) is 2.24. The van der Waals surface area contributed by atoms with Crippen molar-refractivity contribution in [3.05, 3.63) is 59.7 Å². The maximum absolute atomic E-state index is 12.7. The van der Waals surface area contributed by atoms with Crippen molar-refractivity contribution < 1.29 is 13.2 Å². The van der Waals surface area contributed by atoms with Crippen molar-refractivity contribution in [2.45, 2.75) is 19.1 Å². The van der Waals surface area contributed by atoms with Crippen LogP contribution in [0.25, 0.3) is 0 Å². The molecule has 0 spiro atoms. The minimum absolute atomic E-state index is 0.156. The highest BCUT2D eigenvalue weighted by atomic mass is 19.4. The van der Waals surface area contributed by atoms with Gasteiger partial charge in [-0.15, -0.1) is 5.10 Å². The van der Waals surface area contributed by atoms with Gasteiger partial charge in [0.2, 0.25) is 0 Å². The molecule has 0 radical (unpaired) electrons. The fourth-order valence-corrected chi connectivity index (χ4v) is 2.24. The van der Waals surface area contributed by atoms with Crippen LogP contribution in [0.15, 0.2) is 53.6 Å². The van der Waals surface area contributed by atoms with Gasteiger partial charge in [-0.05, 0) is 43.3 Å². The summed E-state index contributed by atoms with van der Waals surface area (Å²) in [6.07, 6.45) is -4.38. The van der Waals surface area contributed by atoms with E-state index >= 15 is 0 Å². The van der Waals surface area contributed by atoms with Crippen LogP contribution < -0.4 is 22.6 Å². The third-order valence-electron chi connectivity index (χ3n) is 3.41. The lowest BCUT2D eigenvalue weighted by Crippen LogP contribution is -2.38. The fraction of sp³-hybridized carbons (Fsp3) is 0.235. The number of nitrogens with two attached hydrogens (primary N) is 3. The van der Waals surface area contributed by atoms with E-state index in [1.807, 2.05) is 0 Å². The van der Waals surface area contributed by atoms with Gasteiger partial charge in [0.25, 0.3) is 0 Å². The zero-order valence-corrected chi connectivity index (χ0v) is 14.2. The smallest absolute Gasteiger partial charge is 0.382 e. The molecule has 9 heteroatoms. The van der Waals surface area contributed by atoms with Gasteiger partial charge in [0.1, 0.15) is 0 Å². The van der Waals surface area contributed by atoms with E-state index in [9.17, 15) is 13.2 Å². The van der Waals surface area contributed by atoms with Crippen LogP contribution >= 0.6 is 0 Å². The molecule has 7 N–H and O–H groups in total. The number of hydrogen-bond acceptors (Lipinski definition) is 5. The summed E-state index contributed by atoms with van der Waals surface area (Å²) in [5.41, 5.74) is 12.6. The molecule has 0 bridgehead atoms. The molecular weight excluding hydrogens is 345 g/mol. The first-order valence-corrected chi connectivity index (χ1v) is 7.82. The summed E-state index contributed by atoms with van der Waals surface area (Å²) in [5, 5.41) is 8.25. The SMILES string of the molecule is CC(N)CN(N)/N=C(\N)c1ccccc1Nc1ccc(C(F)(F)F)cc1. The molecule has 0 aliphatic carbocycles. The van der Waals surface area contributed by atoms with Crippen molar-refractivity contribution in [1.82, 2.24) is 5.12 Å². The van der Waals surface area contributed by atoms with E-state index in [2.05, 4.69) is 10.4 Å². The molecule has 2 aromatic carbocycles. The third kappa shape index (κ3) is 5.36. The Morgan fingerprint density at radius 2 is 1.77 bits per heavy atom. The van der Waals surface area contributed by atoms with E-state index in [1.165, 1.54) is 12.1 Å². The van der Waals surface area contributed by atoms with Gasteiger partial charge in [0, 0.05) is 23.0 Å². The Bertz CT molecular complexity index is 756. The number of amidine groups is 1. The van der Waals surface area contributed by atoms with Gasteiger partial charge in [-0.1, -0.05) is 12.1 Å². The van der Waals surface area contributed by atoms with Gasteiger partial charge in [-0.3, -0.25) is 0 Å². The van der Waals surface area contributed by atoms with Crippen molar-refractivity contribution in [2.24, 2.45) is 22.4 Å². The zero-order chi connectivity index (χ0) is 19.3. The van der Waals surface area contributed by atoms with Crippen molar-refractivity contribution in [2.75, 3.05) is 11.9 Å². The molecule has 140 valence electrons. The number of rotatable bonds is 6. The van der Waals surface area contributed by atoms with Gasteiger partial charge in [0.05, 0.1) is 12.1 Å². The molecule has 1 unspecified atom stereocenters. The summed E-state index contributed by atoms with van der Waals surface area (Å²) >= 11 is 0. The molecule has 0 saturated heterocycles. The monoisotopic (exact) mass is 366 g/mol. The Balaban J connectivity index is 2.22. The number of hydrazone groups is 1. The first-order chi connectivity index (χ1) is 12.2. The third-order valence-corrected chi connectivity index (χ3v) is 3.41. The Hall–Kier alpha value is -2.78. The molecule has 6 nitrogen and oxygen atoms in total. The molecular formula is C17H21F3N6. The van der Waals surface area contributed by atoms with Gasteiger partial charge >= 0.3 is 6.18 Å². The highest BCUT2D eigenvalue weighted by molar-refractivity contribution is 6.02. The number of para-hydroxylation sites is 1. The van der Waals surface area contributed by atoms with E-state index in [0.29, 0.717) is 23.5 Å². The van der Waals surface area contributed by atoms with Crippen molar-refractivity contribution in [1.29, 1.82) is 0 Å². The topological polar surface area (TPSA) is 106 Å². The number of hydrogen-bond donors (Lipinski definition) is 4. The normalized spacial score (nSPS) is 13.4. The van der Waals surface area contributed by atoms with E-state index < -0.39 is 11.7 Å². The molecule has 0 saturated carbocycles. The first-order valence-electron chi connectivity index (χ1n) is 7.82. The van der Waals surface area contributed by atoms with E-state index in [-0.39, 0.29) is 11.9 Å². The summed E-state index contributed by atoms with van der Waals surface area (Å²) in [5.74, 6) is 5.89. The lowest BCUT2D eigenvalue weighted by Gasteiger charge is -2.17. The summed E-state index contributed by atoms with van der Waals surface area (Å²) in [4.78, 5) is 0. The number of nitrogens with one attached hydrogen (secondary N) is 1. The average molecular weight is 366 g/mol. The quantitative estimate of drug-likeness (QED) is 0.272. The van der Waals surface area contributed by atoms with Crippen LogP contribution in [0.4, 0.5) is 24.5 Å². The number of benzene rings is 2. The molecule has 2 aromatic rings. The van der Waals surface area contributed by atoms with E-state index in [4.69, 9.17) is 17.3 Å².